The SMILES string of the molecule is Cc1cc2ncn(-c3ccccc3C(=N)N)c2cc1C. The van der Waals surface area contributed by atoms with Gasteiger partial charge in [0.15, 0.2) is 0 Å². The first kappa shape index (κ1) is 12.4. The predicted molar refractivity (Wildman–Crippen MR) is 81.6 cm³/mol. The molecule has 100 valence electrons. The molecule has 2 aromatic carbocycles. The van der Waals surface area contributed by atoms with Gasteiger partial charge in [-0.15, -0.1) is 0 Å². The van der Waals surface area contributed by atoms with E-state index in [0.717, 1.165) is 16.7 Å². The van der Waals surface area contributed by atoms with Crippen LogP contribution in [-0.4, -0.2) is 15.4 Å². The van der Waals surface area contributed by atoms with E-state index < -0.39 is 0 Å². The molecule has 0 saturated heterocycles. The first-order chi connectivity index (χ1) is 9.58. The Kier molecular flexibility index (Phi) is 2.79. The smallest absolute Gasteiger partial charge is 0.124 e. The lowest BCUT2D eigenvalue weighted by Crippen LogP contribution is -2.14. The fourth-order valence-electron chi connectivity index (χ4n) is 2.37. The van der Waals surface area contributed by atoms with E-state index in [9.17, 15) is 0 Å². The maximum atomic E-state index is 7.71. The third-order valence-electron chi connectivity index (χ3n) is 3.62. The molecule has 3 N–H and O–H groups in total. The van der Waals surface area contributed by atoms with Gasteiger partial charge in [-0.05, 0) is 49.2 Å². The largest absolute Gasteiger partial charge is 0.384 e. The molecule has 0 spiro atoms. The summed E-state index contributed by atoms with van der Waals surface area (Å²) < 4.78 is 1.98. The molecule has 0 unspecified atom stereocenters. The molecule has 0 saturated carbocycles. The molecule has 4 nitrogen and oxygen atoms in total. The van der Waals surface area contributed by atoms with Gasteiger partial charge in [-0.1, -0.05) is 12.1 Å². The number of nitrogens with zero attached hydrogens (tertiary/aromatic N) is 2. The number of hydrogen-bond donors (Lipinski definition) is 2. The van der Waals surface area contributed by atoms with Gasteiger partial charge in [-0.25, -0.2) is 4.98 Å². The van der Waals surface area contributed by atoms with Gasteiger partial charge in [0.05, 0.1) is 16.7 Å². The second-order valence-electron chi connectivity index (χ2n) is 4.97. The Morgan fingerprint density at radius 1 is 1.15 bits per heavy atom. The lowest BCUT2D eigenvalue weighted by molar-refractivity contribution is 1.08. The van der Waals surface area contributed by atoms with Gasteiger partial charge in [0, 0.05) is 5.56 Å². The first-order valence-electron chi connectivity index (χ1n) is 6.46. The summed E-state index contributed by atoms with van der Waals surface area (Å²) >= 11 is 0. The van der Waals surface area contributed by atoms with Crippen molar-refractivity contribution >= 4 is 16.9 Å². The maximum absolute atomic E-state index is 7.71. The molecule has 3 rings (SSSR count). The van der Waals surface area contributed by atoms with Gasteiger partial charge in [0.25, 0.3) is 0 Å². The maximum Gasteiger partial charge on any atom is 0.124 e. The van der Waals surface area contributed by atoms with Gasteiger partial charge < -0.3 is 5.73 Å². The molecule has 0 amide bonds. The van der Waals surface area contributed by atoms with E-state index in [4.69, 9.17) is 11.1 Å². The Morgan fingerprint density at radius 3 is 2.60 bits per heavy atom. The van der Waals surface area contributed by atoms with Crippen molar-refractivity contribution in [2.45, 2.75) is 13.8 Å². The van der Waals surface area contributed by atoms with Crippen LogP contribution >= 0.6 is 0 Å². The molecular formula is C16H16N4. The number of aryl methyl sites for hydroxylation is 2. The highest BCUT2D eigenvalue weighted by Crippen LogP contribution is 2.23. The summed E-state index contributed by atoms with van der Waals surface area (Å²) in [5.74, 6) is 0.0614. The topological polar surface area (TPSA) is 67.7 Å². The number of imidazole rings is 1. The second-order valence-corrected chi connectivity index (χ2v) is 4.97. The number of fused-ring (bicyclic) bond motifs is 1. The molecule has 20 heavy (non-hydrogen) atoms. The number of para-hydroxylation sites is 1. The van der Waals surface area contributed by atoms with Crippen molar-refractivity contribution in [3.63, 3.8) is 0 Å². The molecule has 0 aliphatic rings. The number of amidine groups is 1. The summed E-state index contributed by atoms with van der Waals surface area (Å²) in [6.45, 7) is 4.17. The standard InChI is InChI=1S/C16H16N4/c1-10-7-13-15(8-11(10)2)20(9-19-13)14-6-4-3-5-12(14)16(17)18/h3-9H,1-2H3,(H3,17,18). The van der Waals surface area contributed by atoms with E-state index in [1.165, 1.54) is 11.1 Å². The Labute approximate surface area is 117 Å². The minimum Gasteiger partial charge on any atom is -0.384 e. The van der Waals surface area contributed by atoms with Crippen molar-refractivity contribution < 1.29 is 0 Å². The Balaban J connectivity index is 2.31. The summed E-state index contributed by atoms with van der Waals surface area (Å²) in [6.07, 6.45) is 1.78. The van der Waals surface area contributed by atoms with Gasteiger partial charge in [-0.2, -0.15) is 0 Å². The Bertz CT molecular complexity index is 814. The van der Waals surface area contributed by atoms with Crippen LogP contribution in [0.4, 0.5) is 0 Å². The molecule has 0 aliphatic heterocycles. The third kappa shape index (κ3) is 1.86. The van der Waals surface area contributed by atoms with E-state index >= 15 is 0 Å². The molecule has 1 aromatic heterocycles. The lowest BCUT2D eigenvalue weighted by atomic mass is 10.1. The van der Waals surface area contributed by atoms with Crippen molar-refractivity contribution in [3.05, 3.63) is 59.4 Å². The molecule has 0 atom stereocenters. The number of hydrogen-bond acceptors (Lipinski definition) is 2. The van der Waals surface area contributed by atoms with E-state index in [-0.39, 0.29) is 5.84 Å². The van der Waals surface area contributed by atoms with Crippen LogP contribution in [0.2, 0.25) is 0 Å². The molecule has 4 heteroatoms. The number of aromatic nitrogens is 2. The van der Waals surface area contributed by atoms with Crippen molar-refractivity contribution in [1.82, 2.24) is 9.55 Å². The minimum atomic E-state index is 0.0614. The monoisotopic (exact) mass is 264 g/mol. The molecule has 0 fully saturated rings. The van der Waals surface area contributed by atoms with E-state index in [1.54, 1.807) is 6.33 Å². The van der Waals surface area contributed by atoms with E-state index in [2.05, 4.69) is 31.0 Å². The summed E-state index contributed by atoms with van der Waals surface area (Å²) in [4.78, 5) is 4.45. The van der Waals surface area contributed by atoms with Crippen molar-refractivity contribution in [2.75, 3.05) is 0 Å². The highest BCUT2D eigenvalue weighted by Gasteiger charge is 2.11. The van der Waals surface area contributed by atoms with Crippen molar-refractivity contribution in [1.29, 1.82) is 5.41 Å². The van der Waals surface area contributed by atoms with E-state index in [1.807, 2.05) is 28.8 Å². The van der Waals surface area contributed by atoms with Crippen LogP contribution < -0.4 is 5.73 Å². The first-order valence-corrected chi connectivity index (χ1v) is 6.46. The number of benzene rings is 2. The van der Waals surface area contributed by atoms with Gasteiger partial charge >= 0.3 is 0 Å². The normalized spacial score (nSPS) is 10.9. The summed E-state index contributed by atoms with van der Waals surface area (Å²) in [5.41, 5.74) is 11.7. The number of nitrogens with two attached hydrogens (primary N) is 1. The fraction of sp³-hybridized carbons (Fsp3) is 0.125. The highest BCUT2D eigenvalue weighted by molar-refractivity contribution is 5.99. The quantitative estimate of drug-likeness (QED) is 0.552. The van der Waals surface area contributed by atoms with Crippen molar-refractivity contribution in [3.8, 4) is 5.69 Å². The van der Waals surface area contributed by atoms with Crippen LogP contribution in [0.1, 0.15) is 16.7 Å². The third-order valence-corrected chi connectivity index (χ3v) is 3.62. The van der Waals surface area contributed by atoms with Crippen LogP contribution in [0.5, 0.6) is 0 Å². The average Bonchev–Trinajstić information content (AvgIpc) is 2.82. The second kappa shape index (κ2) is 4.49. The zero-order valence-electron chi connectivity index (χ0n) is 11.5. The lowest BCUT2D eigenvalue weighted by Gasteiger charge is -2.10. The summed E-state index contributed by atoms with van der Waals surface area (Å²) in [7, 11) is 0. The molecule has 1 heterocycles. The van der Waals surface area contributed by atoms with Crippen LogP contribution in [0.3, 0.4) is 0 Å². The summed E-state index contributed by atoms with van der Waals surface area (Å²) in [6, 6.07) is 11.8. The number of rotatable bonds is 2. The molecule has 0 aliphatic carbocycles. The molecular weight excluding hydrogens is 248 g/mol. The minimum absolute atomic E-state index is 0.0614. The summed E-state index contributed by atoms with van der Waals surface area (Å²) in [5, 5.41) is 7.71. The van der Waals surface area contributed by atoms with E-state index in [0.29, 0.717) is 5.56 Å². The van der Waals surface area contributed by atoms with Gasteiger partial charge in [-0.3, -0.25) is 9.98 Å². The number of nitrogens with one attached hydrogen (secondary N) is 1. The Hall–Kier alpha value is -2.62. The average molecular weight is 264 g/mol. The van der Waals surface area contributed by atoms with Gasteiger partial charge in [0.1, 0.15) is 12.2 Å². The Morgan fingerprint density at radius 2 is 1.85 bits per heavy atom. The molecule has 3 aromatic rings. The number of nitrogen functional groups attached to an aromatic ring is 1. The zero-order chi connectivity index (χ0) is 14.3. The van der Waals surface area contributed by atoms with Gasteiger partial charge in [0.2, 0.25) is 0 Å². The molecule has 0 bridgehead atoms. The van der Waals surface area contributed by atoms with Crippen LogP contribution in [0, 0.1) is 19.3 Å². The fourth-order valence-corrected chi connectivity index (χ4v) is 2.37. The zero-order valence-corrected chi connectivity index (χ0v) is 11.5. The van der Waals surface area contributed by atoms with Crippen LogP contribution in [0.15, 0.2) is 42.7 Å². The molecule has 0 radical (unpaired) electrons. The van der Waals surface area contributed by atoms with Crippen LogP contribution in [0.25, 0.3) is 16.7 Å². The van der Waals surface area contributed by atoms with Crippen molar-refractivity contribution in [2.24, 2.45) is 5.73 Å². The predicted octanol–water partition coefficient (Wildman–Crippen LogP) is 2.93. The highest BCUT2D eigenvalue weighted by atomic mass is 15.1. The van der Waals surface area contributed by atoms with Crippen LogP contribution in [-0.2, 0) is 0 Å².